The van der Waals surface area contributed by atoms with E-state index in [1.54, 1.807) is 6.07 Å². The van der Waals surface area contributed by atoms with E-state index in [0.717, 1.165) is 26.7 Å². The van der Waals surface area contributed by atoms with Gasteiger partial charge in [-0.3, -0.25) is 4.79 Å². The fourth-order valence-corrected chi connectivity index (χ4v) is 2.67. The molecule has 0 aliphatic carbocycles. The second-order valence-electron chi connectivity index (χ2n) is 4.97. The highest BCUT2D eigenvalue weighted by Gasteiger charge is 2.14. The first kappa shape index (κ1) is 13.9. The van der Waals surface area contributed by atoms with Crippen molar-refractivity contribution >= 4 is 38.5 Å². The lowest BCUT2D eigenvalue weighted by Gasteiger charge is -2.08. The molecule has 1 aromatic heterocycles. The fourth-order valence-electron chi connectivity index (χ4n) is 2.21. The van der Waals surface area contributed by atoms with Crippen molar-refractivity contribution in [2.24, 2.45) is 0 Å². The molecule has 1 amide bonds. The van der Waals surface area contributed by atoms with Crippen LogP contribution in [0.25, 0.3) is 11.0 Å². The molecule has 1 N–H and O–H groups in total. The molecule has 0 atom stereocenters. The Labute approximate surface area is 131 Å². The van der Waals surface area contributed by atoms with Crippen molar-refractivity contribution < 1.29 is 9.21 Å². The maximum atomic E-state index is 12.3. The lowest BCUT2D eigenvalue weighted by Crippen LogP contribution is -2.12. The molecule has 2 aromatic carbocycles. The third-order valence-corrected chi connectivity index (χ3v) is 4.20. The van der Waals surface area contributed by atoms with Crippen LogP contribution in [0.3, 0.4) is 0 Å². The lowest BCUT2D eigenvalue weighted by atomic mass is 10.1. The molecular weight excluding hydrogens is 330 g/mol. The number of furan rings is 1. The summed E-state index contributed by atoms with van der Waals surface area (Å²) >= 11 is 3.42. The second kappa shape index (κ2) is 5.37. The van der Waals surface area contributed by atoms with Crippen molar-refractivity contribution in [3.8, 4) is 0 Å². The molecule has 3 nitrogen and oxygen atoms in total. The van der Waals surface area contributed by atoms with Crippen LogP contribution in [-0.2, 0) is 0 Å². The van der Waals surface area contributed by atoms with E-state index in [9.17, 15) is 4.79 Å². The molecule has 3 aromatic rings. The van der Waals surface area contributed by atoms with Crippen molar-refractivity contribution in [2.45, 2.75) is 13.8 Å². The Kier molecular flexibility index (Phi) is 3.55. The minimum absolute atomic E-state index is 0.244. The molecule has 0 spiro atoms. The normalized spacial score (nSPS) is 10.8. The zero-order chi connectivity index (χ0) is 15.0. The summed E-state index contributed by atoms with van der Waals surface area (Å²) in [6.45, 7) is 4.00. The van der Waals surface area contributed by atoms with Crippen molar-refractivity contribution in [3.05, 3.63) is 63.8 Å². The van der Waals surface area contributed by atoms with Gasteiger partial charge in [0.05, 0.1) is 4.47 Å². The van der Waals surface area contributed by atoms with E-state index >= 15 is 0 Å². The SMILES string of the molecule is Cc1cccc(NC(=O)c2cc3cccc(Br)c3o2)c1C. The van der Waals surface area contributed by atoms with Crippen molar-refractivity contribution in [1.29, 1.82) is 0 Å². The number of nitrogens with one attached hydrogen (secondary N) is 1. The maximum absolute atomic E-state index is 12.3. The van der Waals surface area contributed by atoms with Gasteiger partial charge in [-0.15, -0.1) is 0 Å². The summed E-state index contributed by atoms with van der Waals surface area (Å²) in [4.78, 5) is 12.3. The number of anilines is 1. The molecule has 1 heterocycles. The van der Waals surface area contributed by atoms with Gasteiger partial charge in [0.15, 0.2) is 5.76 Å². The molecule has 0 aliphatic heterocycles. The summed E-state index contributed by atoms with van der Waals surface area (Å²) in [5.74, 6) is 0.0598. The molecule has 106 valence electrons. The van der Waals surface area contributed by atoms with Crippen LogP contribution in [0, 0.1) is 13.8 Å². The highest BCUT2D eigenvalue weighted by Crippen LogP contribution is 2.27. The largest absolute Gasteiger partial charge is 0.450 e. The van der Waals surface area contributed by atoms with Crippen LogP contribution in [0.5, 0.6) is 0 Å². The third-order valence-electron chi connectivity index (χ3n) is 3.57. The van der Waals surface area contributed by atoms with E-state index in [1.165, 1.54) is 0 Å². The number of fused-ring (bicyclic) bond motifs is 1. The molecule has 0 aliphatic rings. The van der Waals surface area contributed by atoms with Crippen molar-refractivity contribution in [3.63, 3.8) is 0 Å². The molecule has 0 saturated heterocycles. The highest BCUT2D eigenvalue weighted by atomic mass is 79.9. The van der Waals surface area contributed by atoms with Gasteiger partial charge in [0.1, 0.15) is 5.58 Å². The van der Waals surface area contributed by atoms with Crippen LogP contribution < -0.4 is 5.32 Å². The lowest BCUT2D eigenvalue weighted by molar-refractivity contribution is 0.0998. The Morgan fingerprint density at radius 2 is 1.90 bits per heavy atom. The number of rotatable bonds is 2. The summed E-state index contributed by atoms with van der Waals surface area (Å²) in [6.07, 6.45) is 0. The molecule has 4 heteroatoms. The number of hydrogen-bond acceptors (Lipinski definition) is 2. The quantitative estimate of drug-likeness (QED) is 0.706. The van der Waals surface area contributed by atoms with E-state index in [1.807, 2.05) is 50.2 Å². The summed E-state index contributed by atoms with van der Waals surface area (Å²) in [7, 11) is 0. The molecule has 0 fully saturated rings. The van der Waals surface area contributed by atoms with Gasteiger partial charge >= 0.3 is 0 Å². The van der Waals surface area contributed by atoms with Gasteiger partial charge in [0, 0.05) is 11.1 Å². The fraction of sp³-hybridized carbons (Fsp3) is 0.118. The minimum Gasteiger partial charge on any atom is -0.450 e. The van der Waals surface area contributed by atoms with Crippen molar-refractivity contribution in [1.82, 2.24) is 0 Å². The third kappa shape index (κ3) is 2.59. The smallest absolute Gasteiger partial charge is 0.291 e. The Balaban J connectivity index is 1.94. The Morgan fingerprint density at radius 1 is 1.14 bits per heavy atom. The summed E-state index contributed by atoms with van der Waals surface area (Å²) < 4.78 is 6.48. The number of benzene rings is 2. The van der Waals surface area contributed by atoms with Crippen LogP contribution in [-0.4, -0.2) is 5.91 Å². The molecular formula is C17H14BrNO2. The van der Waals surface area contributed by atoms with E-state index in [2.05, 4.69) is 21.2 Å². The number of para-hydroxylation sites is 1. The average molecular weight is 344 g/mol. The molecule has 0 radical (unpaired) electrons. The Bertz CT molecular complexity index is 836. The van der Waals surface area contributed by atoms with Crippen LogP contribution in [0.2, 0.25) is 0 Å². The zero-order valence-corrected chi connectivity index (χ0v) is 13.3. The number of halogens is 1. The molecule has 0 saturated carbocycles. The molecule has 21 heavy (non-hydrogen) atoms. The number of carbonyl (C=O) groups is 1. The van der Waals surface area contributed by atoms with Gasteiger partial charge in [-0.2, -0.15) is 0 Å². The number of carbonyl (C=O) groups excluding carboxylic acids is 1. The van der Waals surface area contributed by atoms with Gasteiger partial charge in [0.2, 0.25) is 0 Å². The molecule has 3 rings (SSSR count). The van der Waals surface area contributed by atoms with E-state index < -0.39 is 0 Å². The second-order valence-corrected chi connectivity index (χ2v) is 5.82. The van der Waals surface area contributed by atoms with Crippen LogP contribution >= 0.6 is 15.9 Å². The first-order valence-corrected chi connectivity index (χ1v) is 7.41. The number of amides is 1. The first-order chi connectivity index (χ1) is 10.1. The van der Waals surface area contributed by atoms with Gasteiger partial charge in [-0.1, -0.05) is 24.3 Å². The minimum atomic E-state index is -0.244. The van der Waals surface area contributed by atoms with Gasteiger partial charge in [0.25, 0.3) is 5.91 Å². The van der Waals surface area contributed by atoms with Gasteiger partial charge in [-0.25, -0.2) is 0 Å². The van der Waals surface area contributed by atoms with Crippen LogP contribution in [0.1, 0.15) is 21.7 Å². The van der Waals surface area contributed by atoms with E-state index in [0.29, 0.717) is 11.3 Å². The number of aryl methyl sites for hydroxylation is 1. The predicted molar refractivity (Wildman–Crippen MR) is 87.8 cm³/mol. The van der Waals surface area contributed by atoms with E-state index in [4.69, 9.17) is 4.42 Å². The Morgan fingerprint density at radius 3 is 2.67 bits per heavy atom. The van der Waals surface area contributed by atoms with Gasteiger partial charge in [-0.05, 0) is 59.1 Å². The predicted octanol–water partition coefficient (Wildman–Crippen LogP) is 5.06. The standard InChI is InChI=1S/C17H14BrNO2/c1-10-5-3-8-14(11(10)2)19-17(20)15-9-12-6-4-7-13(18)16(12)21-15/h3-9H,1-2H3,(H,19,20). The Hall–Kier alpha value is -2.07. The summed E-state index contributed by atoms with van der Waals surface area (Å²) in [6, 6.07) is 13.3. The van der Waals surface area contributed by atoms with Crippen LogP contribution in [0.15, 0.2) is 51.4 Å². The topological polar surface area (TPSA) is 42.2 Å². The number of hydrogen-bond donors (Lipinski definition) is 1. The molecule has 0 bridgehead atoms. The summed E-state index contributed by atoms with van der Waals surface area (Å²) in [5, 5.41) is 3.80. The average Bonchev–Trinajstić information content (AvgIpc) is 2.89. The summed E-state index contributed by atoms with van der Waals surface area (Å²) in [5.41, 5.74) is 3.69. The monoisotopic (exact) mass is 343 g/mol. The highest BCUT2D eigenvalue weighted by molar-refractivity contribution is 9.10. The van der Waals surface area contributed by atoms with Crippen molar-refractivity contribution in [2.75, 3.05) is 5.32 Å². The zero-order valence-electron chi connectivity index (χ0n) is 11.7. The van der Waals surface area contributed by atoms with Gasteiger partial charge < -0.3 is 9.73 Å². The van der Waals surface area contributed by atoms with E-state index in [-0.39, 0.29) is 5.91 Å². The van der Waals surface area contributed by atoms with Crippen LogP contribution in [0.4, 0.5) is 5.69 Å². The first-order valence-electron chi connectivity index (χ1n) is 6.62. The molecule has 0 unspecified atom stereocenters. The maximum Gasteiger partial charge on any atom is 0.291 e.